The first kappa shape index (κ1) is 27.1. The average Bonchev–Trinajstić information content (AvgIpc) is 2.87. The standard InChI is InChI=1S/C27H26F2O10/c1-10(30)26(36)8-13-19(15(9-26)39-17-7-16(31)27(28,29)11(2)38-17)25(35)21-20(23(13)33)22(32)12-5-4-6-14(37-3)18(12)24(21)34/h4-6,11,15-17,31,33,35-36H,7-9H2,1-3H3. The van der Waals surface area contributed by atoms with Crippen molar-refractivity contribution in [3.05, 3.63) is 51.6 Å². The summed E-state index contributed by atoms with van der Waals surface area (Å²) in [5, 5.41) is 43.8. The number of aliphatic hydroxyl groups is 2. The fourth-order valence-corrected chi connectivity index (χ4v) is 5.56. The largest absolute Gasteiger partial charge is 0.507 e. The van der Waals surface area contributed by atoms with E-state index in [1.54, 1.807) is 0 Å². The highest BCUT2D eigenvalue weighted by Crippen LogP contribution is 2.52. The Morgan fingerprint density at radius 2 is 1.77 bits per heavy atom. The van der Waals surface area contributed by atoms with Gasteiger partial charge >= 0.3 is 0 Å². The number of phenols is 2. The summed E-state index contributed by atoms with van der Waals surface area (Å²) in [4.78, 5) is 39.5. The van der Waals surface area contributed by atoms with Gasteiger partial charge in [0.15, 0.2) is 17.9 Å². The first-order valence-electron chi connectivity index (χ1n) is 12.2. The highest BCUT2D eigenvalue weighted by molar-refractivity contribution is 6.31. The minimum atomic E-state index is -3.57. The molecule has 5 atom stereocenters. The summed E-state index contributed by atoms with van der Waals surface area (Å²) in [7, 11) is 1.29. The maximum atomic E-state index is 14.1. The number of benzene rings is 2. The summed E-state index contributed by atoms with van der Waals surface area (Å²) < 4.78 is 44.5. The van der Waals surface area contributed by atoms with Gasteiger partial charge in [0.2, 0.25) is 5.78 Å². The van der Waals surface area contributed by atoms with Crippen molar-refractivity contribution in [1.82, 2.24) is 0 Å². The van der Waals surface area contributed by atoms with Crippen LogP contribution in [0.2, 0.25) is 0 Å². The molecule has 12 heteroatoms. The average molecular weight is 548 g/mol. The molecular weight excluding hydrogens is 522 g/mol. The third-order valence-electron chi connectivity index (χ3n) is 7.81. The lowest BCUT2D eigenvalue weighted by molar-refractivity contribution is -0.309. The number of rotatable bonds is 4. The van der Waals surface area contributed by atoms with Crippen LogP contribution in [0.3, 0.4) is 0 Å². The van der Waals surface area contributed by atoms with Gasteiger partial charge < -0.3 is 34.6 Å². The van der Waals surface area contributed by atoms with Crippen LogP contribution in [0.1, 0.15) is 75.8 Å². The van der Waals surface area contributed by atoms with E-state index in [9.17, 15) is 43.6 Å². The van der Waals surface area contributed by atoms with Crippen LogP contribution in [-0.4, -0.2) is 74.9 Å². The van der Waals surface area contributed by atoms with Crippen molar-refractivity contribution >= 4 is 17.3 Å². The molecule has 2 aromatic carbocycles. The normalized spacial score (nSPS) is 29.3. The molecule has 5 unspecified atom stereocenters. The highest BCUT2D eigenvalue weighted by Gasteiger charge is 2.53. The molecule has 1 aliphatic heterocycles. The number of halogens is 2. The molecule has 5 rings (SSSR count). The highest BCUT2D eigenvalue weighted by atomic mass is 19.3. The predicted octanol–water partition coefficient (Wildman–Crippen LogP) is 2.34. The molecular formula is C27H26F2O10. The van der Waals surface area contributed by atoms with E-state index < -0.39 is 95.4 Å². The summed E-state index contributed by atoms with van der Waals surface area (Å²) >= 11 is 0. The monoisotopic (exact) mass is 548 g/mol. The molecule has 4 N–H and O–H groups in total. The lowest BCUT2D eigenvalue weighted by Crippen LogP contribution is -2.53. The lowest BCUT2D eigenvalue weighted by Gasteiger charge is -2.42. The van der Waals surface area contributed by atoms with E-state index in [1.807, 2.05) is 0 Å². The molecule has 0 radical (unpaired) electrons. The van der Waals surface area contributed by atoms with Crippen molar-refractivity contribution < 1.29 is 57.8 Å². The molecule has 39 heavy (non-hydrogen) atoms. The molecule has 0 amide bonds. The molecule has 1 heterocycles. The fraction of sp³-hybridized carbons (Fsp3) is 0.444. The van der Waals surface area contributed by atoms with E-state index in [0.717, 1.165) is 13.8 Å². The Kier molecular flexibility index (Phi) is 6.30. The SMILES string of the molecule is COc1cccc2c1C(=O)c1c(O)c3c(c(O)c1C2=O)CC(O)(C(C)=O)CC3OC1CC(O)C(F)(F)C(C)O1. The van der Waals surface area contributed by atoms with Gasteiger partial charge in [-0.1, -0.05) is 12.1 Å². The number of fused-ring (bicyclic) bond motifs is 3. The van der Waals surface area contributed by atoms with Crippen LogP contribution in [-0.2, 0) is 20.7 Å². The number of carbonyl (C=O) groups excluding carboxylic acids is 3. The maximum Gasteiger partial charge on any atom is 0.298 e. The van der Waals surface area contributed by atoms with Crippen LogP contribution < -0.4 is 4.74 Å². The van der Waals surface area contributed by atoms with Gasteiger partial charge in [0.1, 0.15) is 35.1 Å². The smallest absolute Gasteiger partial charge is 0.298 e. The molecule has 3 aliphatic rings. The predicted molar refractivity (Wildman–Crippen MR) is 127 cm³/mol. The molecule has 0 saturated carbocycles. The van der Waals surface area contributed by atoms with Crippen molar-refractivity contribution in [2.75, 3.05) is 7.11 Å². The van der Waals surface area contributed by atoms with Crippen LogP contribution in [0.15, 0.2) is 18.2 Å². The van der Waals surface area contributed by atoms with Crippen molar-refractivity contribution in [2.45, 2.75) is 69.2 Å². The van der Waals surface area contributed by atoms with Gasteiger partial charge in [-0.2, -0.15) is 0 Å². The van der Waals surface area contributed by atoms with Crippen LogP contribution in [0, 0.1) is 0 Å². The first-order chi connectivity index (χ1) is 18.2. The quantitative estimate of drug-likeness (QED) is 0.357. The molecule has 0 bridgehead atoms. The lowest BCUT2D eigenvalue weighted by atomic mass is 9.72. The minimum absolute atomic E-state index is 0.0615. The molecule has 2 aliphatic carbocycles. The summed E-state index contributed by atoms with van der Waals surface area (Å²) in [6.07, 6.45) is -8.51. The number of hydrogen-bond acceptors (Lipinski definition) is 10. The Bertz CT molecular complexity index is 1410. The molecule has 0 aromatic heterocycles. The Morgan fingerprint density at radius 3 is 2.38 bits per heavy atom. The zero-order valence-corrected chi connectivity index (χ0v) is 21.2. The summed E-state index contributed by atoms with van der Waals surface area (Å²) in [5.74, 6) is -7.31. The Labute approximate surface area is 220 Å². The van der Waals surface area contributed by atoms with Gasteiger partial charge in [0.25, 0.3) is 5.92 Å². The van der Waals surface area contributed by atoms with Gasteiger partial charge in [0, 0.05) is 36.0 Å². The summed E-state index contributed by atoms with van der Waals surface area (Å²) in [6, 6.07) is 4.29. The molecule has 10 nitrogen and oxygen atoms in total. The van der Waals surface area contributed by atoms with Crippen molar-refractivity contribution in [3.8, 4) is 17.2 Å². The van der Waals surface area contributed by atoms with Gasteiger partial charge in [-0.15, -0.1) is 0 Å². The number of Topliss-reactive ketones (excluding diaryl/α,β-unsaturated/α-hetero) is 1. The fourth-order valence-electron chi connectivity index (χ4n) is 5.56. The van der Waals surface area contributed by atoms with E-state index in [-0.39, 0.29) is 28.0 Å². The van der Waals surface area contributed by atoms with Crippen LogP contribution in [0.4, 0.5) is 8.78 Å². The third-order valence-corrected chi connectivity index (χ3v) is 7.81. The number of ketones is 3. The second-order valence-electron chi connectivity index (χ2n) is 10.1. The number of phenolic OH excluding ortho intramolecular Hbond substituents is 2. The van der Waals surface area contributed by atoms with Gasteiger partial charge in [-0.05, 0) is 19.9 Å². The minimum Gasteiger partial charge on any atom is -0.507 e. The number of aliphatic hydroxyl groups excluding tert-OH is 1. The van der Waals surface area contributed by atoms with E-state index >= 15 is 0 Å². The van der Waals surface area contributed by atoms with Crippen molar-refractivity contribution in [2.24, 2.45) is 0 Å². The second kappa shape index (κ2) is 9.05. The Morgan fingerprint density at radius 1 is 1.10 bits per heavy atom. The Hall–Kier alpha value is -3.45. The van der Waals surface area contributed by atoms with E-state index in [2.05, 4.69) is 0 Å². The van der Waals surface area contributed by atoms with E-state index in [1.165, 1.54) is 25.3 Å². The number of methoxy groups -OCH3 is 1. The van der Waals surface area contributed by atoms with Gasteiger partial charge in [0.05, 0.1) is 29.9 Å². The van der Waals surface area contributed by atoms with Gasteiger partial charge in [-0.25, -0.2) is 8.78 Å². The molecule has 1 saturated heterocycles. The first-order valence-corrected chi connectivity index (χ1v) is 12.2. The third kappa shape index (κ3) is 3.93. The number of aromatic hydroxyl groups is 2. The summed E-state index contributed by atoms with van der Waals surface area (Å²) in [5.41, 5.74) is -3.81. The van der Waals surface area contributed by atoms with Crippen molar-refractivity contribution in [3.63, 3.8) is 0 Å². The molecule has 1 fully saturated rings. The van der Waals surface area contributed by atoms with E-state index in [4.69, 9.17) is 14.2 Å². The number of hydrogen-bond donors (Lipinski definition) is 4. The number of ether oxygens (including phenoxy) is 3. The van der Waals surface area contributed by atoms with Crippen LogP contribution in [0.25, 0.3) is 0 Å². The number of alkyl halides is 2. The maximum absolute atomic E-state index is 14.1. The zero-order chi connectivity index (χ0) is 28.6. The van der Waals surface area contributed by atoms with Crippen molar-refractivity contribution in [1.29, 1.82) is 0 Å². The van der Waals surface area contributed by atoms with E-state index in [0.29, 0.717) is 0 Å². The van der Waals surface area contributed by atoms with Gasteiger partial charge in [-0.3, -0.25) is 14.4 Å². The second-order valence-corrected chi connectivity index (χ2v) is 10.1. The molecule has 208 valence electrons. The molecule has 2 aromatic rings. The summed E-state index contributed by atoms with van der Waals surface area (Å²) in [6.45, 7) is 2.13. The Balaban J connectivity index is 1.67. The molecule has 0 spiro atoms. The topological polar surface area (TPSA) is 160 Å². The number of carbonyl (C=O) groups is 3. The van der Waals surface area contributed by atoms with Crippen LogP contribution >= 0.6 is 0 Å². The van der Waals surface area contributed by atoms with Crippen LogP contribution in [0.5, 0.6) is 17.2 Å². The zero-order valence-electron chi connectivity index (χ0n) is 21.2.